The highest BCUT2D eigenvalue weighted by molar-refractivity contribution is 5.73. The van der Waals surface area contributed by atoms with Crippen LogP contribution in [0.5, 0.6) is 0 Å². The molecule has 1 unspecified atom stereocenters. The molecule has 0 aliphatic carbocycles. The minimum atomic E-state index is -0.754. The topological polar surface area (TPSA) is 61.8 Å². The molecule has 0 radical (unpaired) electrons. The number of hydrogen-bond acceptors (Lipinski definition) is 4. The highest BCUT2D eigenvalue weighted by atomic mass is 16.5. The van der Waals surface area contributed by atoms with Crippen molar-refractivity contribution < 1.29 is 14.6 Å². The summed E-state index contributed by atoms with van der Waals surface area (Å²) in [6, 6.07) is -0.240. The van der Waals surface area contributed by atoms with E-state index in [1.165, 1.54) is 0 Å². The third-order valence-electron chi connectivity index (χ3n) is 3.43. The molecular formula is C13H26N2O3. The van der Waals surface area contributed by atoms with Crippen LogP contribution >= 0.6 is 0 Å². The predicted molar refractivity (Wildman–Crippen MR) is 70.8 cm³/mol. The first-order valence-corrected chi connectivity index (χ1v) is 6.77. The molecule has 18 heavy (non-hydrogen) atoms. The summed E-state index contributed by atoms with van der Waals surface area (Å²) in [5, 5.41) is 12.2. The molecule has 0 saturated carbocycles. The number of carboxylic acids is 1. The standard InChI is InChI=1S/C13H26N2O3/c1-10(2)14-12(13(16)17)6-9-15-7-4-11(18-3)5-8-15/h10-12,14H,4-9H2,1-3H3,(H,16,17). The van der Waals surface area contributed by atoms with Crippen molar-refractivity contribution in [1.29, 1.82) is 0 Å². The van der Waals surface area contributed by atoms with Gasteiger partial charge in [-0.2, -0.15) is 0 Å². The summed E-state index contributed by atoms with van der Waals surface area (Å²) in [5.41, 5.74) is 0. The molecule has 1 aliphatic rings. The zero-order valence-corrected chi connectivity index (χ0v) is 11.7. The van der Waals surface area contributed by atoms with Crippen LogP contribution in [0.25, 0.3) is 0 Å². The van der Waals surface area contributed by atoms with Gasteiger partial charge in [0.2, 0.25) is 0 Å². The van der Waals surface area contributed by atoms with Crippen LogP contribution < -0.4 is 5.32 Å². The lowest BCUT2D eigenvalue weighted by Gasteiger charge is -2.32. The molecule has 2 N–H and O–H groups in total. The van der Waals surface area contributed by atoms with Gasteiger partial charge < -0.3 is 20.1 Å². The SMILES string of the molecule is COC1CCN(CCC(NC(C)C)C(=O)O)CC1. The molecule has 0 amide bonds. The number of ether oxygens (including phenoxy) is 1. The fourth-order valence-electron chi connectivity index (χ4n) is 2.36. The second-order valence-corrected chi connectivity index (χ2v) is 5.28. The monoisotopic (exact) mass is 258 g/mol. The summed E-state index contributed by atoms with van der Waals surface area (Å²) in [6.45, 7) is 6.80. The maximum atomic E-state index is 11.1. The van der Waals surface area contributed by atoms with Crippen LogP contribution in [0.4, 0.5) is 0 Å². The molecular weight excluding hydrogens is 232 g/mol. The van der Waals surface area contributed by atoms with E-state index in [0.717, 1.165) is 32.5 Å². The number of aliphatic carboxylic acids is 1. The highest BCUT2D eigenvalue weighted by Crippen LogP contribution is 2.13. The number of likely N-dealkylation sites (tertiary alicyclic amines) is 1. The Morgan fingerprint density at radius 2 is 2.06 bits per heavy atom. The van der Waals surface area contributed by atoms with E-state index in [0.29, 0.717) is 12.5 Å². The predicted octanol–water partition coefficient (Wildman–Crippen LogP) is 0.939. The minimum absolute atomic E-state index is 0.199. The number of nitrogens with one attached hydrogen (secondary N) is 1. The van der Waals surface area contributed by atoms with Crippen LogP contribution in [0.15, 0.2) is 0 Å². The second kappa shape index (κ2) is 7.71. The Bertz CT molecular complexity index is 251. The van der Waals surface area contributed by atoms with Crippen LogP contribution in [-0.2, 0) is 9.53 Å². The van der Waals surface area contributed by atoms with E-state index >= 15 is 0 Å². The van der Waals surface area contributed by atoms with E-state index in [9.17, 15) is 4.79 Å². The Balaban J connectivity index is 2.28. The summed E-state index contributed by atoms with van der Waals surface area (Å²) in [5.74, 6) is -0.754. The third-order valence-corrected chi connectivity index (χ3v) is 3.43. The lowest BCUT2D eigenvalue weighted by Crippen LogP contribution is -2.44. The van der Waals surface area contributed by atoms with Crippen LogP contribution in [-0.4, -0.2) is 60.9 Å². The molecule has 0 aromatic carbocycles. The van der Waals surface area contributed by atoms with Gasteiger partial charge >= 0.3 is 5.97 Å². The van der Waals surface area contributed by atoms with Crippen LogP contribution in [0.1, 0.15) is 33.1 Å². The molecule has 1 rings (SSSR count). The van der Waals surface area contributed by atoms with Gasteiger partial charge in [-0.25, -0.2) is 0 Å². The smallest absolute Gasteiger partial charge is 0.320 e. The normalized spacial score (nSPS) is 20.2. The lowest BCUT2D eigenvalue weighted by molar-refractivity contribution is -0.140. The molecule has 0 bridgehead atoms. The van der Waals surface area contributed by atoms with Gasteiger partial charge in [-0.1, -0.05) is 13.8 Å². The van der Waals surface area contributed by atoms with E-state index in [2.05, 4.69) is 10.2 Å². The second-order valence-electron chi connectivity index (χ2n) is 5.28. The Morgan fingerprint density at radius 3 is 2.50 bits per heavy atom. The zero-order valence-electron chi connectivity index (χ0n) is 11.7. The number of nitrogens with zero attached hydrogens (tertiary/aromatic N) is 1. The van der Waals surface area contributed by atoms with Gasteiger partial charge in [-0.15, -0.1) is 0 Å². The molecule has 0 spiro atoms. The summed E-state index contributed by atoms with van der Waals surface area (Å²) in [7, 11) is 1.76. The number of rotatable bonds is 7. The molecule has 1 atom stereocenters. The van der Waals surface area contributed by atoms with Crippen molar-refractivity contribution in [3.63, 3.8) is 0 Å². The van der Waals surface area contributed by atoms with Crippen LogP contribution in [0, 0.1) is 0 Å². The number of piperidine rings is 1. The molecule has 0 aromatic rings. The van der Waals surface area contributed by atoms with Gasteiger partial charge in [0.25, 0.3) is 0 Å². The maximum Gasteiger partial charge on any atom is 0.320 e. The van der Waals surface area contributed by atoms with E-state index in [4.69, 9.17) is 9.84 Å². The first kappa shape index (κ1) is 15.4. The van der Waals surface area contributed by atoms with Crippen molar-refractivity contribution in [2.45, 2.75) is 51.3 Å². The zero-order chi connectivity index (χ0) is 13.5. The number of methoxy groups -OCH3 is 1. The Hall–Kier alpha value is -0.650. The molecule has 5 heteroatoms. The average Bonchev–Trinajstić information content (AvgIpc) is 2.34. The van der Waals surface area contributed by atoms with Crippen LogP contribution in [0.3, 0.4) is 0 Å². The number of carbonyl (C=O) groups is 1. The minimum Gasteiger partial charge on any atom is -0.480 e. The quantitative estimate of drug-likeness (QED) is 0.711. The van der Waals surface area contributed by atoms with E-state index in [1.54, 1.807) is 7.11 Å². The van der Waals surface area contributed by atoms with Crippen molar-refractivity contribution in [1.82, 2.24) is 10.2 Å². The van der Waals surface area contributed by atoms with Crippen molar-refractivity contribution >= 4 is 5.97 Å². The van der Waals surface area contributed by atoms with Crippen LogP contribution in [0.2, 0.25) is 0 Å². The van der Waals surface area contributed by atoms with Crippen molar-refractivity contribution in [2.24, 2.45) is 0 Å². The molecule has 106 valence electrons. The molecule has 1 saturated heterocycles. The molecule has 1 fully saturated rings. The van der Waals surface area contributed by atoms with Gasteiger partial charge in [0.05, 0.1) is 6.10 Å². The molecule has 1 aliphatic heterocycles. The Morgan fingerprint density at radius 1 is 1.44 bits per heavy atom. The largest absolute Gasteiger partial charge is 0.480 e. The van der Waals surface area contributed by atoms with Gasteiger partial charge in [-0.3, -0.25) is 4.79 Å². The summed E-state index contributed by atoms with van der Waals surface area (Å²) in [4.78, 5) is 13.4. The van der Waals surface area contributed by atoms with Gasteiger partial charge in [0.1, 0.15) is 6.04 Å². The van der Waals surface area contributed by atoms with Crippen molar-refractivity contribution in [3.8, 4) is 0 Å². The Labute approximate surface area is 109 Å². The fourth-order valence-corrected chi connectivity index (χ4v) is 2.36. The van der Waals surface area contributed by atoms with E-state index in [-0.39, 0.29) is 6.04 Å². The number of carboxylic acid groups (broad SMARTS) is 1. The fraction of sp³-hybridized carbons (Fsp3) is 0.923. The van der Waals surface area contributed by atoms with Gasteiger partial charge in [-0.05, 0) is 19.3 Å². The first-order chi connectivity index (χ1) is 8.52. The summed E-state index contributed by atoms with van der Waals surface area (Å²) >= 11 is 0. The van der Waals surface area contributed by atoms with E-state index in [1.807, 2.05) is 13.8 Å². The third kappa shape index (κ3) is 5.33. The summed E-state index contributed by atoms with van der Waals surface area (Å²) < 4.78 is 5.32. The molecule has 1 heterocycles. The van der Waals surface area contributed by atoms with Gasteiger partial charge in [0, 0.05) is 32.8 Å². The number of hydrogen-bond donors (Lipinski definition) is 2. The van der Waals surface area contributed by atoms with Crippen molar-refractivity contribution in [2.75, 3.05) is 26.7 Å². The Kier molecular flexibility index (Phi) is 6.60. The summed E-state index contributed by atoms with van der Waals surface area (Å²) in [6.07, 6.45) is 3.13. The van der Waals surface area contributed by atoms with Crippen molar-refractivity contribution in [3.05, 3.63) is 0 Å². The highest BCUT2D eigenvalue weighted by Gasteiger charge is 2.22. The average molecular weight is 258 g/mol. The molecule has 0 aromatic heterocycles. The first-order valence-electron chi connectivity index (χ1n) is 6.77. The lowest BCUT2D eigenvalue weighted by atomic mass is 10.1. The van der Waals surface area contributed by atoms with E-state index < -0.39 is 12.0 Å². The molecule has 5 nitrogen and oxygen atoms in total. The maximum absolute atomic E-state index is 11.1. The van der Waals surface area contributed by atoms with Gasteiger partial charge in [0.15, 0.2) is 0 Å².